The van der Waals surface area contributed by atoms with Gasteiger partial charge in [0, 0.05) is 12.1 Å². The number of nitrogens with zero attached hydrogens (tertiary/aromatic N) is 2. The maximum atomic E-state index is 10.8. The lowest BCUT2D eigenvalue weighted by atomic mass is 10.0. The summed E-state index contributed by atoms with van der Waals surface area (Å²) in [5, 5.41) is 8.83. The van der Waals surface area contributed by atoms with E-state index in [1.165, 1.54) is 44.1 Å². The first-order valence-corrected chi connectivity index (χ1v) is 13.2. The number of aryl methyl sites for hydroxylation is 1. The zero-order chi connectivity index (χ0) is 25.2. The highest BCUT2D eigenvalue weighted by molar-refractivity contribution is 5.68. The number of carboxylic acid groups (broad SMARTS) is 1. The minimum atomic E-state index is -0.992. The average Bonchev–Trinajstić information content (AvgIpc) is 2.88. The van der Waals surface area contributed by atoms with Crippen molar-refractivity contribution in [1.29, 1.82) is 0 Å². The Hall–Kier alpha value is -3.01. The van der Waals surface area contributed by atoms with Crippen molar-refractivity contribution in [2.24, 2.45) is 0 Å². The number of aliphatic carboxylic acids is 1. The van der Waals surface area contributed by atoms with Crippen LogP contribution in [-0.4, -0.2) is 60.2 Å². The third-order valence-electron chi connectivity index (χ3n) is 6.79. The Balaban J connectivity index is 1.44. The van der Waals surface area contributed by atoms with Gasteiger partial charge in [0.25, 0.3) is 0 Å². The molecule has 2 aliphatic heterocycles. The van der Waals surface area contributed by atoms with Gasteiger partial charge in [-0.05, 0) is 106 Å². The summed E-state index contributed by atoms with van der Waals surface area (Å²) in [5.41, 5.74) is 4.29. The van der Waals surface area contributed by atoms with Crippen molar-refractivity contribution in [2.45, 2.75) is 58.6 Å². The fourth-order valence-corrected chi connectivity index (χ4v) is 4.94. The van der Waals surface area contributed by atoms with Gasteiger partial charge in [-0.25, -0.2) is 4.79 Å². The van der Waals surface area contributed by atoms with E-state index in [2.05, 4.69) is 39.8 Å². The number of carboxylic acids is 1. The molecule has 0 radical (unpaired) electrons. The second-order valence-electron chi connectivity index (χ2n) is 9.91. The molecule has 6 heteroatoms. The molecule has 0 unspecified atom stereocenters. The Bertz CT molecular complexity index is 1080. The molecule has 0 aromatic heterocycles. The zero-order valence-corrected chi connectivity index (χ0v) is 21.4. The zero-order valence-electron chi connectivity index (χ0n) is 21.4. The average molecular weight is 491 g/mol. The van der Waals surface area contributed by atoms with Crippen molar-refractivity contribution in [3.8, 4) is 23.3 Å². The van der Waals surface area contributed by atoms with Crippen molar-refractivity contribution in [1.82, 2.24) is 9.80 Å². The Morgan fingerprint density at radius 2 is 1.58 bits per heavy atom. The van der Waals surface area contributed by atoms with Gasteiger partial charge in [0.2, 0.25) is 0 Å². The van der Waals surface area contributed by atoms with Gasteiger partial charge in [0.05, 0.1) is 6.54 Å². The van der Waals surface area contributed by atoms with Gasteiger partial charge in [-0.2, -0.15) is 0 Å². The lowest BCUT2D eigenvalue weighted by Gasteiger charge is -2.26. The third-order valence-corrected chi connectivity index (χ3v) is 6.79. The SMILES string of the molecule is Cc1cc(OCc2cc(C#CCN3CCCCC3)cc(CN3CCCCC3)c2)ccc1OCC(=O)O. The molecule has 2 saturated heterocycles. The van der Waals surface area contributed by atoms with Crippen LogP contribution < -0.4 is 9.47 Å². The molecule has 2 aromatic rings. The van der Waals surface area contributed by atoms with E-state index in [4.69, 9.17) is 14.6 Å². The molecule has 2 aliphatic rings. The van der Waals surface area contributed by atoms with Gasteiger partial charge < -0.3 is 14.6 Å². The normalized spacial score (nSPS) is 16.7. The summed E-state index contributed by atoms with van der Waals surface area (Å²) in [5.74, 6) is 7.11. The van der Waals surface area contributed by atoms with Crippen LogP contribution in [0.1, 0.15) is 60.8 Å². The van der Waals surface area contributed by atoms with Crippen molar-refractivity contribution in [3.05, 3.63) is 58.7 Å². The Labute approximate surface area is 215 Å². The second-order valence-corrected chi connectivity index (χ2v) is 9.91. The molecular formula is C30H38N2O4. The van der Waals surface area contributed by atoms with E-state index < -0.39 is 5.97 Å². The summed E-state index contributed by atoms with van der Waals surface area (Å²) in [4.78, 5) is 15.8. The summed E-state index contributed by atoms with van der Waals surface area (Å²) < 4.78 is 11.4. The summed E-state index contributed by atoms with van der Waals surface area (Å²) in [6.07, 6.45) is 7.77. The minimum absolute atomic E-state index is 0.355. The molecule has 0 amide bonds. The molecule has 2 heterocycles. The number of piperidine rings is 2. The molecule has 0 spiro atoms. The Morgan fingerprint density at radius 1 is 0.889 bits per heavy atom. The van der Waals surface area contributed by atoms with Gasteiger partial charge in [0.15, 0.2) is 6.61 Å². The van der Waals surface area contributed by atoms with Crippen LogP contribution in [0.2, 0.25) is 0 Å². The fraction of sp³-hybridized carbons (Fsp3) is 0.500. The van der Waals surface area contributed by atoms with E-state index in [9.17, 15) is 4.79 Å². The van der Waals surface area contributed by atoms with Crippen LogP contribution in [0.4, 0.5) is 0 Å². The highest BCUT2D eigenvalue weighted by Crippen LogP contribution is 2.25. The molecule has 4 rings (SSSR count). The predicted octanol–water partition coefficient (Wildman–Crippen LogP) is 4.86. The molecular weight excluding hydrogens is 452 g/mol. The number of benzene rings is 2. The number of ether oxygens (including phenoxy) is 2. The van der Waals surface area contributed by atoms with Crippen LogP contribution in [0.25, 0.3) is 0 Å². The molecule has 192 valence electrons. The number of carbonyl (C=O) groups is 1. The van der Waals surface area contributed by atoms with E-state index in [1.807, 2.05) is 19.1 Å². The van der Waals surface area contributed by atoms with E-state index in [0.29, 0.717) is 12.4 Å². The molecule has 0 saturated carbocycles. The topological polar surface area (TPSA) is 62.2 Å². The summed E-state index contributed by atoms with van der Waals surface area (Å²) in [6, 6.07) is 12.1. The highest BCUT2D eigenvalue weighted by atomic mass is 16.5. The van der Waals surface area contributed by atoms with Gasteiger partial charge in [0.1, 0.15) is 18.1 Å². The highest BCUT2D eigenvalue weighted by Gasteiger charge is 2.12. The number of rotatable bonds is 9. The van der Waals surface area contributed by atoms with E-state index >= 15 is 0 Å². The van der Waals surface area contributed by atoms with E-state index in [-0.39, 0.29) is 6.61 Å². The first-order chi connectivity index (χ1) is 17.5. The van der Waals surface area contributed by atoms with Gasteiger partial charge in [-0.3, -0.25) is 9.80 Å². The van der Waals surface area contributed by atoms with Crippen LogP contribution in [0.5, 0.6) is 11.5 Å². The van der Waals surface area contributed by atoms with Crippen LogP contribution in [0.3, 0.4) is 0 Å². The summed E-state index contributed by atoms with van der Waals surface area (Å²) >= 11 is 0. The van der Waals surface area contributed by atoms with Crippen LogP contribution in [0, 0.1) is 18.8 Å². The fourth-order valence-electron chi connectivity index (χ4n) is 4.94. The van der Waals surface area contributed by atoms with E-state index in [0.717, 1.165) is 61.7 Å². The monoisotopic (exact) mass is 490 g/mol. The standard InChI is InChI=1S/C30H38N2O4/c1-24-17-28(10-11-29(24)36-23-30(33)34)35-22-27-19-25(9-8-16-31-12-4-2-5-13-31)18-26(20-27)21-32-14-6-3-7-15-32/h10-11,17-20H,2-7,12-16,21-23H2,1H3,(H,33,34). The summed E-state index contributed by atoms with van der Waals surface area (Å²) in [6.45, 7) is 8.39. The molecule has 36 heavy (non-hydrogen) atoms. The van der Waals surface area contributed by atoms with Crippen molar-refractivity contribution in [2.75, 3.05) is 39.3 Å². The first-order valence-electron chi connectivity index (χ1n) is 13.2. The van der Waals surface area contributed by atoms with Gasteiger partial charge >= 0.3 is 5.97 Å². The maximum absolute atomic E-state index is 10.8. The molecule has 2 aromatic carbocycles. The van der Waals surface area contributed by atoms with Crippen LogP contribution in [-0.2, 0) is 17.9 Å². The van der Waals surface area contributed by atoms with Crippen molar-refractivity contribution < 1.29 is 19.4 Å². The van der Waals surface area contributed by atoms with Crippen LogP contribution in [0.15, 0.2) is 36.4 Å². The Kier molecular flexibility index (Phi) is 9.66. The largest absolute Gasteiger partial charge is 0.489 e. The van der Waals surface area contributed by atoms with Crippen molar-refractivity contribution >= 4 is 5.97 Å². The lowest BCUT2D eigenvalue weighted by molar-refractivity contribution is -0.139. The molecule has 1 N–H and O–H groups in total. The Morgan fingerprint density at radius 3 is 2.28 bits per heavy atom. The quantitative estimate of drug-likeness (QED) is 0.507. The molecule has 0 aliphatic carbocycles. The number of likely N-dealkylation sites (tertiary alicyclic amines) is 2. The van der Waals surface area contributed by atoms with E-state index in [1.54, 1.807) is 6.07 Å². The van der Waals surface area contributed by atoms with Crippen molar-refractivity contribution in [3.63, 3.8) is 0 Å². The molecule has 2 fully saturated rings. The van der Waals surface area contributed by atoms with Gasteiger partial charge in [-0.1, -0.05) is 30.7 Å². The molecule has 0 bridgehead atoms. The predicted molar refractivity (Wildman–Crippen MR) is 141 cm³/mol. The molecule has 6 nitrogen and oxygen atoms in total. The lowest BCUT2D eigenvalue weighted by Crippen LogP contribution is -2.29. The summed E-state index contributed by atoms with van der Waals surface area (Å²) in [7, 11) is 0. The minimum Gasteiger partial charge on any atom is -0.489 e. The smallest absolute Gasteiger partial charge is 0.341 e. The molecule has 0 atom stereocenters. The number of hydrogen-bond acceptors (Lipinski definition) is 5. The third kappa shape index (κ3) is 8.29. The van der Waals surface area contributed by atoms with Crippen LogP contribution >= 0.6 is 0 Å². The number of hydrogen-bond donors (Lipinski definition) is 1. The first kappa shape index (κ1) is 26.1. The second kappa shape index (κ2) is 13.3. The maximum Gasteiger partial charge on any atom is 0.341 e. The van der Waals surface area contributed by atoms with Gasteiger partial charge in [-0.15, -0.1) is 0 Å².